The molecule has 1 fully saturated rings. The number of piperidine rings is 1. The van der Waals surface area contributed by atoms with E-state index in [-0.39, 0.29) is 29.9 Å². The highest BCUT2D eigenvalue weighted by Gasteiger charge is 2.45. The zero-order valence-corrected chi connectivity index (χ0v) is 19.2. The van der Waals surface area contributed by atoms with Gasteiger partial charge in [-0.2, -0.15) is 0 Å². The lowest BCUT2D eigenvalue weighted by Gasteiger charge is -2.43. The van der Waals surface area contributed by atoms with Gasteiger partial charge in [0.15, 0.2) is 0 Å². The Bertz CT molecular complexity index is 1170. The summed E-state index contributed by atoms with van der Waals surface area (Å²) >= 11 is 0. The van der Waals surface area contributed by atoms with E-state index >= 15 is 0 Å². The minimum atomic E-state index is -0.742. The van der Waals surface area contributed by atoms with Crippen molar-refractivity contribution in [1.82, 2.24) is 20.1 Å². The van der Waals surface area contributed by atoms with Crippen LogP contribution in [0.25, 0.3) is 11.1 Å². The van der Waals surface area contributed by atoms with Crippen LogP contribution in [0.1, 0.15) is 34.5 Å². The Morgan fingerprint density at radius 1 is 1.12 bits per heavy atom. The van der Waals surface area contributed by atoms with E-state index in [1.165, 1.54) is 5.56 Å². The number of nitrogen functional groups attached to an aromatic ring is 1. The molecule has 0 unspecified atom stereocenters. The third-order valence-corrected chi connectivity index (χ3v) is 6.26. The Morgan fingerprint density at radius 3 is 2.52 bits per heavy atom. The molecule has 1 aliphatic rings. The summed E-state index contributed by atoms with van der Waals surface area (Å²) in [6.07, 6.45) is 1.92. The minimum absolute atomic E-state index is 0.00667. The fraction of sp³-hybridized carbons (Fsp3) is 0.360. The Labute approximate surface area is 193 Å². The number of carbonyl (C=O) groups is 2. The van der Waals surface area contributed by atoms with E-state index in [4.69, 9.17) is 5.73 Å². The van der Waals surface area contributed by atoms with Crippen LogP contribution in [-0.4, -0.2) is 59.1 Å². The fourth-order valence-electron chi connectivity index (χ4n) is 4.74. The maximum atomic E-state index is 13.5. The highest BCUT2D eigenvalue weighted by atomic mass is 16.6. The molecule has 1 atom stereocenters. The van der Waals surface area contributed by atoms with Crippen LogP contribution in [0.3, 0.4) is 0 Å². The van der Waals surface area contributed by atoms with E-state index in [0.29, 0.717) is 25.8 Å². The lowest BCUT2D eigenvalue weighted by molar-refractivity contribution is -0.142. The number of anilines is 1. The van der Waals surface area contributed by atoms with Crippen molar-refractivity contribution < 1.29 is 14.2 Å². The van der Waals surface area contributed by atoms with Crippen molar-refractivity contribution >= 4 is 17.6 Å². The second-order valence-corrected chi connectivity index (χ2v) is 9.05. The molecule has 4 rings (SSSR count). The maximum Gasteiger partial charge on any atom is 0.280 e. The second kappa shape index (κ2) is 9.05. The molecule has 2 N–H and O–H groups in total. The summed E-state index contributed by atoms with van der Waals surface area (Å²) in [5.74, 6) is -0.397. The average molecular weight is 448 g/mol. The number of aromatic nitrogens is 2. The van der Waals surface area contributed by atoms with Crippen molar-refractivity contribution in [3.8, 4) is 11.1 Å². The first-order valence-corrected chi connectivity index (χ1v) is 11.0. The van der Waals surface area contributed by atoms with E-state index in [1.54, 1.807) is 23.9 Å². The molecule has 33 heavy (non-hydrogen) atoms. The molecule has 3 aromatic rings. The number of amides is 2. The van der Waals surface area contributed by atoms with Gasteiger partial charge in [-0.05, 0) is 53.2 Å². The van der Waals surface area contributed by atoms with Gasteiger partial charge in [-0.3, -0.25) is 9.59 Å². The smallest absolute Gasteiger partial charge is 0.280 e. The van der Waals surface area contributed by atoms with Gasteiger partial charge in [-0.25, -0.2) is 4.63 Å². The molecule has 0 saturated carbocycles. The standard InChI is InChI=1S/C25H29N5O3/c1-17-7-4-9-19(13-17)20-10-5-8-18(14-20)15-25(24(32)29(2)3)11-6-12-30(16-25)23(31)21-22(26)28-33-27-21/h4-5,7-10,13-14H,6,11-12,15-16H2,1-3H3,(H2,26,28)/t25-/m1/s1. The van der Waals surface area contributed by atoms with Crippen LogP contribution in [0.2, 0.25) is 0 Å². The van der Waals surface area contributed by atoms with Gasteiger partial charge >= 0.3 is 0 Å². The van der Waals surface area contributed by atoms with Gasteiger partial charge in [-0.1, -0.05) is 54.1 Å². The van der Waals surface area contributed by atoms with E-state index < -0.39 is 5.41 Å². The van der Waals surface area contributed by atoms with Crippen molar-refractivity contribution in [1.29, 1.82) is 0 Å². The molecule has 2 aromatic carbocycles. The monoisotopic (exact) mass is 447 g/mol. The Hall–Kier alpha value is -3.68. The number of rotatable bonds is 5. The molecule has 1 aliphatic heterocycles. The van der Waals surface area contributed by atoms with Crippen molar-refractivity contribution in [3.05, 3.63) is 65.4 Å². The van der Waals surface area contributed by atoms with Crippen LogP contribution < -0.4 is 5.73 Å². The summed E-state index contributed by atoms with van der Waals surface area (Å²) in [7, 11) is 3.51. The molecule has 1 aromatic heterocycles. The first-order chi connectivity index (χ1) is 15.8. The molecule has 0 bridgehead atoms. The number of aryl methyl sites for hydroxylation is 1. The van der Waals surface area contributed by atoms with Gasteiger partial charge in [0, 0.05) is 27.2 Å². The SMILES string of the molecule is Cc1cccc(-c2cccc(C[C@]3(C(=O)N(C)C)CCCN(C(=O)c4nonc4N)C3)c2)c1. The molecule has 2 heterocycles. The molecule has 2 amide bonds. The van der Waals surface area contributed by atoms with Crippen LogP contribution in [-0.2, 0) is 11.2 Å². The van der Waals surface area contributed by atoms with Gasteiger partial charge in [-0.15, -0.1) is 0 Å². The molecular formula is C25H29N5O3. The predicted molar refractivity (Wildman–Crippen MR) is 125 cm³/mol. The zero-order valence-electron chi connectivity index (χ0n) is 19.2. The predicted octanol–water partition coefficient (Wildman–Crippen LogP) is 3.18. The quantitative estimate of drug-likeness (QED) is 0.644. The molecule has 1 saturated heterocycles. The third kappa shape index (κ3) is 4.60. The third-order valence-electron chi connectivity index (χ3n) is 6.26. The van der Waals surface area contributed by atoms with Crippen molar-refractivity contribution in [2.45, 2.75) is 26.2 Å². The van der Waals surface area contributed by atoms with Crippen LogP contribution in [0.5, 0.6) is 0 Å². The number of hydrogen-bond acceptors (Lipinski definition) is 6. The number of nitrogens with two attached hydrogens (primary N) is 1. The molecule has 0 spiro atoms. The van der Waals surface area contributed by atoms with Crippen molar-refractivity contribution in [2.75, 3.05) is 32.9 Å². The summed E-state index contributed by atoms with van der Waals surface area (Å²) in [5, 5.41) is 7.17. The molecule has 8 heteroatoms. The van der Waals surface area contributed by atoms with E-state index in [9.17, 15) is 9.59 Å². The van der Waals surface area contributed by atoms with E-state index in [2.05, 4.69) is 52.2 Å². The van der Waals surface area contributed by atoms with Crippen LogP contribution in [0.15, 0.2) is 53.2 Å². The first-order valence-electron chi connectivity index (χ1n) is 11.0. The van der Waals surface area contributed by atoms with E-state index in [0.717, 1.165) is 16.7 Å². The number of benzene rings is 2. The Balaban J connectivity index is 1.65. The Kier molecular flexibility index (Phi) is 6.18. The van der Waals surface area contributed by atoms with Crippen LogP contribution >= 0.6 is 0 Å². The summed E-state index contributed by atoms with van der Waals surface area (Å²) in [6, 6.07) is 16.6. The molecular weight excluding hydrogens is 418 g/mol. The number of nitrogens with zero attached hydrogens (tertiary/aromatic N) is 4. The van der Waals surface area contributed by atoms with Gasteiger partial charge in [0.2, 0.25) is 17.4 Å². The zero-order chi connectivity index (χ0) is 23.6. The highest BCUT2D eigenvalue weighted by molar-refractivity contribution is 5.96. The van der Waals surface area contributed by atoms with Crippen LogP contribution in [0.4, 0.5) is 5.82 Å². The number of carbonyl (C=O) groups excluding carboxylic acids is 2. The molecule has 0 aliphatic carbocycles. The van der Waals surface area contributed by atoms with Gasteiger partial charge in [0.05, 0.1) is 5.41 Å². The number of hydrogen-bond donors (Lipinski definition) is 1. The average Bonchev–Trinajstić information content (AvgIpc) is 3.24. The summed E-state index contributed by atoms with van der Waals surface area (Å²) < 4.78 is 4.61. The summed E-state index contributed by atoms with van der Waals surface area (Å²) in [6.45, 7) is 2.88. The molecule has 8 nitrogen and oxygen atoms in total. The lowest BCUT2D eigenvalue weighted by atomic mass is 9.73. The largest absolute Gasteiger partial charge is 0.379 e. The second-order valence-electron chi connectivity index (χ2n) is 9.05. The molecule has 0 radical (unpaired) electrons. The van der Waals surface area contributed by atoms with Crippen molar-refractivity contribution in [2.24, 2.45) is 5.41 Å². The summed E-state index contributed by atoms with van der Waals surface area (Å²) in [4.78, 5) is 29.8. The van der Waals surface area contributed by atoms with Gasteiger partial charge < -0.3 is 15.5 Å². The normalized spacial score (nSPS) is 18.2. The lowest BCUT2D eigenvalue weighted by Crippen LogP contribution is -2.54. The maximum absolute atomic E-state index is 13.5. The minimum Gasteiger partial charge on any atom is -0.379 e. The van der Waals surface area contributed by atoms with E-state index in [1.807, 2.05) is 18.2 Å². The molecule has 172 valence electrons. The summed E-state index contributed by atoms with van der Waals surface area (Å²) in [5.41, 5.74) is 9.48. The Morgan fingerprint density at radius 2 is 1.85 bits per heavy atom. The van der Waals surface area contributed by atoms with Crippen molar-refractivity contribution in [3.63, 3.8) is 0 Å². The highest BCUT2D eigenvalue weighted by Crippen LogP contribution is 2.37. The first kappa shape index (κ1) is 22.5. The van der Waals surface area contributed by atoms with Gasteiger partial charge in [0.1, 0.15) is 0 Å². The fourth-order valence-corrected chi connectivity index (χ4v) is 4.74. The van der Waals surface area contributed by atoms with Gasteiger partial charge in [0.25, 0.3) is 5.91 Å². The topological polar surface area (TPSA) is 106 Å². The van der Waals surface area contributed by atoms with Crippen LogP contribution in [0, 0.1) is 12.3 Å². The number of likely N-dealkylation sites (tertiary alicyclic amines) is 1.